The summed E-state index contributed by atoms with van der Waals surface area (Å²) in [5, 5.41) is 10.9. The molecule has 5 heteroatoms. The Morgan fingerprint density at radius 1 is 1.33 bits per heavy atom. The maximum absolute atomic E-state index is 11.1. The molecule has 2 rings (SSSR count). The fourth-order valence-electron chi connectivity index (χ4n) is 3.05. The number of nitrogens with zero attached hydrogens (tertiary/aromatic N) is 2. The third kappa shape index (κ3) is 3.60. The fourth-order valence-corrected chi connectivity index (χ4v) is 3.05. The van der Waals surface area contributed by atoms with E-state index in [1.54, 1.807) is 12.1 Å². The Bertz CT molecular complexity index is 528. The normalized spacial score (nSPS) is 19.4. The molecule has 114 valence electrons. The molecule has 1 atom stereocenters. The lowest BCUT2D eigenvalue weighted by Gasteiger charge is -2.23. The zero-order valence-corrected chi connectivity index (χ0v) is 12.6. The zero-order chi connectivity index (χ0) is 15.4. The highest BCUT2D eigenvalue weighted by atomic mass is 16.6. The topological polar surface area (TPSA) is 63.4 Å². The van der Waals surface area contributed by atoms with Gasteiger partial charge in [-0.05, 0) is 43.2 Å². The van der Waals surface area contributed by atoms with Gasteiger partial charge >= 0.3 is 0 Å². The van der Waals surface area contributed by atoms with Crippen molar-refractivity contribution in [1.82, 2.24) is 0 Å². The van der Waals surface area contributed by atoms with Crippen molar-refractivity contribution < 1.29 is 9.72 Å². The summed E-state index contributed by atoms with van der Waals surface area (Å²) in [6, 6.07) is 4.82. The summed E-state index contributed by atoms with van der Waals surface area (Å²) in [5.74, 6) is 1.42. The van der Waals surface area contributed by atoms with Crippen molar-refractivity contribution in [3.05, 3.63) is 33.9 Å². The van der Waals surface area contributed by atoms with E-state index in [0.29, 0.717) is 12.2 Å². The third-order valence-electron chi connectivity index (χ3n) is 4.42. The van der Waals surface area contributed by atoms with Gasteiger partial charge in [0.1, 0.15) is 0 Å². The quantitative estimate of drug-likeness (QED) is 0.482. The van der Waals surface area contributed by atoms with E-state index in [9.17, 15) is 14.9 Å². The molecule has 1 unspecified atom stereocenters. The summed E-state index contributed by atoms with van der Waals surface area (Å²) in [5.41, 5.74) is 0.942. The second-order valence-corrected chi connectivity index (χ2v) is 6.04. The maximum Gasteiger partial charge on any atom is 0.280 e. The molecule has 1 aliphatic heterocycles. The minimum Gasteiger partial charge on any atom is -0.372 e. The Kier molecular flexibility index (Phi) is 4.94. The average Bonchev–Trinajstić information content (AvgIpc) is 2.72. The Morgan fingerprint density at radius 3 is 2.71 bits per heavy atom. The van der Waals surface area contributed by atoms with Crippen LogP contribution in [0.1, 0.15) is 43.5 Å². The molecular formula is C16H22N2O3. The molecule has 1 fully saturated rings. The maximum atomic E-state index is 11.1. The molecule has 1 heterocycles. The highest BCUT2D eigenvalue weighted by molar-refractivity contribution is 5.83. The van der Waals surface area contributed by atoms with Crippen molar-refractivity contribution in [3.8, 4) is 0 Å². The van der Waals surface area contributed by atoms with E-state index in [1.165, 1.54) is 12.5 Å². The molecule has 1 aliphatic rings. The van der Waals surface area contributed by atoms with Crippen molar-refractivity contribution in [2.45, 2.75) is 33.1 Å². The van der Waals surface area contributed by atoms with Gasteiger partial charge in [0.2, 0.25) is 0 Å². The number of hydrogen-bond donors (Lipinski definition) is 0. The molecule has 1 aromatic carbocycles. The first-order valence-electron chi connectivity index (χ1n) is 7.51. The van der Waals surface area contributed by atoms with Crippen molar-refractivity contribution in [3.63, 3.8) is 0 Å². The molecule has 0 saturated carbocycles. The molecule has 21 heavy (non-hydrogen) atoms. The van der Waals surface area contributed by atoms with Crippen LogP contribution in [0.15, 0.2) is 18.2 Å². The van der Waals surface area contributed by atoms with E-state index >= 15 is 0 Å². The number of carbonyl (C=O) groups excluding carboxylic acids is 1. The number of rotatable bonds is 4. The van der Waals surface area contributed by atoms with E-state index in [4.69, 9.17) is 0 Å². The second kappa shape index (κ2) is 6.70. The van der Waals surface area contributed by atoms with Gasteiger partial charge in [0, 0.05) is 24.8 Å². The van der Waals surface area contributed by atoms with Crippen molar-refractivity contribution in [2.24, 2.45) is 11.8 Å². The lowest BCUT2D eigenvalue weighted by molar-refractivity contribution is -0.385. The summed E-state index contributed by atoms with van der Waals surface area (Å²) < 4.78 is 0. The van der Waals surface area contributed by atoms with Crippen LogP contribution in [0, 0.1) is 22.0 Å². The molecule has 1 saturated heterocycles. The molecule has 0 bridgehead atoms. The number of aldehydes is 1. The zero-order valence-electron chi connectivity index (χ0n) is 12.6. The number of carbonyl (C=O) groups is 1. The molecule has 0 spiro atoms. The number of nitro groups is 1. The fraction of sp³-hybridized carbons (Fsp3) is 0.562. The lowest BCUT2D eigenvalue weighted by atomic mass is 9.89. The standard InChI is InChI=1S/C16H22N2O3/c1-12(2)13-4-3-8-17(9-7-13)15-5-6-16(18(20)21)14(10-15)11-19/h5-6,10-13H,3-4,7-9H2,1-2H3. The van der Waals surface area contributed by atoms with Crippen LogP contribution in [0.5, 0.6) is 0 Å². The van der Waals surface area contributed by atoms with Gasteiger partial charge in [-0.2, -0.15) is 0 Å². The Morgan fingerprint density at radius 2 is 2.10 bits per heavy atom. The van der Waals surface area contributed by atoms with Gasteiger partial charge in [-0.3, -0.25) is 14.9 Å². The molecule has 0 aliphatic carbocycles. The largest absolute Gasteiger partial charge is 0.372 e. The number of hydrogen-bond acceptors (Lipinski definition) is 4. The van der Waals surface area contributed by atoms with E-state index in [2.05, 4.69) is 18.7 Å². The third-order valence-corrected chi connectivity index (χ3v) is 4.42. The van der Waals surface area contributed by atoms with Gasteiger partial charge in [-0.25, -0.2) is 0 Å². The van der Waals surface area contributed by atoms with Crippen LogP contribution in [-0.2, 0) is 0 Å². The number of anilines is 1. The first-order chi connectivity index (χ1) is 10.0. The van der Waals surface area contributed by atoms with Gasteiger partial charge < -0.3 is 4.90 Å². The highest BCUT2D eigenvalue weighted by Gasteiger charge is 2.21. The first-order valence-corrected chi connectivity index (χ1v) is 7.51. The van der Waals surface area contributed by atoms with E-state index in [1.807, 2.05) is 0 Å². The van der Waals surface area contributed by atoms with Crippen LogP contribution in [0.3, 0.4) is 0 Å². The van der Waals surface area contributed by atoms with Crippen LogP contribution in [0.2, 0.25) is 0 Å². The van der Waals surface area contributed by atoms with Crippen molar-refractivity contribution >= 4 is 17.7 Å². The molecular weight excluding hydrogens is 268 g/mol. The van der Waals surface area contributed by atoms with Crippen LogP contribution in [0.25, 0.3) is 0 Å². The monoisotopic (exact) mass is 290 g/mol. The SMILES string of the molecule is CC(C)C1CCCN(c2ccc([N+](=O)[O-])c(C=O)c2)CC1. The first kappa shape index (κ1) is 15.5. The Labute approximate surface area is 125 Å². The summed E-state index contributed by atoms with van der Waals surface area (Å²) in [6.45, 7) is 6.41. The summed E-state index contributed by atoms with van der Waals surface area (Å²) >= 11 is 0. The van der Waals surface area contributed by atoms with E-state index in [-0.39, 0.29) is 11.3 Å². The predicted molar refractivity (Wildman–Crippen MR) is 82.9 cm³/mol. The molecule has 0 radical (unpaired) electrons. The summed E-state index contributed by atoms with van der Waals surface area (Å²) in [6.07, 6.45) is 4.04. The molecule has 0 aromatic heterocycles. The second-order valence-electron chi connectivity index (χ2n) is 6.04. The van der Waals surface area contributed by atoms with Gasteiger partial charge in [-0.1, -0.05) is 13.8 Å². The Balaban J connectivity index is 2.18. The Hall–Kier alpha value is -1.91. The van der Waals surface area contributed by atoms with Crippen LogP contribution >= 0.6 is 0 Å². The van der Waals surface area contributed by atoms with Gasteiger partial charge in [0.25, 0.3) is 5.69 Å². The number of nitro benzene ring substituents is 1. The average molecular weight is 290 g/mol. The predicted octanol–water partition coefficient (Wildman–Crippen LogP) is 3.67. The molecule has 5 nitrogen and oxygen atoms in total. The van der Waals surface area contributed by atoms with Crippen molar-refractivity contribution in [2.75, 3.05) is 18.0 Å². The minimum absolute atomic E-state index is 0.122. The summed E-state index contributed by atoms with van der Waals surface area (Å²) in [4.78, 5) is 23.7. The molecule has 1 aromatic rings. The highest BCUT2D eigenvalue weighted by Crippen LogP contribution is 2.29. The number of benzene rings is 1. The van der Waals surface area contributed by atoms with Crippen LogP contribution in [0.4, 0.5) is 11.4 Å². The lowest BCUT2D eigenvalue weighted by Crippen LogP contribution is -2.24. The van der Waals surface area contributed by atoms with Crippen LogP contribution in [-0.4, -0.2) is 24.3 Å². The smallest absolute Gasteiger partial charge is 0.280 e. The van der Waals surface area contributed by atoms with E-state index < -0.39 is 4.92 Å². The van der Waals surface area contributed by atoms with Crippen molar-refractivity contribution in [1.29, 1.82) is 0 Å². The summed E-state index contributed by atoms with van der Waals surface area (Å²) in [7, 11) is 0. The minimum atomic E-state index is -0.509. The van der Waals surface area contributed by atoms with Crippen LogP contribution < -0.4 is 4.90 Å². The van der Waals surface area contributed by atoms with E-state index in [0.717, 1.165) is 37.5 Å². The van der Waals surface area contributed by atoms with Gasteiger partial charge in [-0.15, -0.1) is 0 Å². The van der Waals surface area contributed by atoms with Gasteiger partial charge in [0.15, 0.2) is 6.29 Å². The van der Waals surface area contributed by atoms with Gasteiger partial charge in [0.05, 0.1) is 10.5 Å². The molecule has 0 amide bonds. The molecule has 0 N–H and O–H groups in total.